The van der Waals surface area contributed by atoms with E-state index in [-0.39, 0.29) is 0 Å². The number of anilines is 1. The van der Waals surface area contributed by atoms with Crippen molar-refractivity contribution in [2.75, 3.05) is 38.1 Å². The first-order chi connectivity index (χ1) is 11.6. The predicted octanol–water partition coefficient (Wildman–Crippen LogP) is 5.18. The fraction of sp³-hybridized carbons (Fsp3) is 0.400. The molecule has 0 radical (unpaired) electrons. The Morgan fingerprint density at radius 2 is 1.75 bits per heavy atom. The molecule has 24 heavy (non-hydrogen) atoms. The van der Waals surface area contributed by atoms with Crippen LogP contribution >= 0.6 is 11.6 Å². The molecule has 0 N–H and O–H groups in total. The van der Waals surface area contributed by atoms with Crippen molar-refractivity contribution in [2.45, 2.75) is 19.5 Å². The second-order valence-corrected chi connectivity index (χ2v) is 6.81. The minimum atomic E-state index is -1.03. The molecule has 0 spiro atoms. The quantitative estimate of drug-likeness (QED) is 0.752. The Morgan fingerprint density at radius 3 is 2.38 bits per heavy atom. The standard InChI is InChI=1S/C20H24ClFN2/c1-3-19(22)18-14-16(24-11-9-23(2)10-12-24)13-17(20(18)21)15-7-5-4-6-8-15/h4-8,13-14,19H,3,9-12H2,1-2H3. The highest BCUT2D eigenvalue weighted by atomic mass is 35.5. The normalized spacial score (nSPS) is 17.1. The van der Waals surface area contributed by atoms with Gasteiger partial charge in [-0.25, -0.2) is 4.39 Å². The Labute approximate surface area is 148 Å². The summed E-state index contributed by atoms with van der Waals surface area (Å²) in [6, 6.07) is 14.0. The average Bonchev–Trinajstić information content (AvgIpc) is 2.63. The summed E-state index contributed by atoms with van der Waals surface area (Å²) in [5, 5.41) is 0.536. The van der Waals surface area contributed by atoms with Gasteiger partial charge in [0.15, 0.2) is 0 Å². The minimum Gasteiger partial charge on any atom is -0.369 e. The lowest BCUT2D eigenvalue weighted by atomic mass is 9.98. The molecule has 2 aromatic rings. The molecule has 1 unspecified atom stereocenters. The average molecular weight is 347 g/mol. The topological polar surface area (TPSA) is 6.48 Å². The first kappa shape index (κ1) is 17.2. The lowest BCUT2D eigenvalue weighted by Crippen LogP contribution is -2.44. The van der Waals surface area contributed by atoms with Gasteiger partial charge in [0.25, 0.3) is 0 Å². The van der Waals surface area contributed by atoms with Gasteiger partial charge in [-0.1, -0.05) is 48.9 Å². The summed E-state index contributed by atoms with van der Waals surface area (Å²) in [4.78, 5) is 4.64. The Balaban J connectivity index is 2.06. The fourth-order valence-corrected chi connectivity index (χ4v) is 3.49. The highest BCUT2D eigenvalue weighted by Crippen LogP contribution is 2.39. The van der Waals surface area contributed by atoms with E-state index in [4.69, 9.17) is 11.6 Å². The molecule has 128 valence electrons. The highest BCUT2D eigenvalue weighted by molar-refractivity contribution is 6.34. The first-order valence-electron chi connectivity index (χ1n) is 8.56. The van der Waals surface area contributed by atoms with E-state index in [1.165, 1.54) is 0 Å². The van der Waals surface area contributed by atoms with Gasteiger partial charge < -0.3 is 9.80 Å². The maximum Gasteiger partial charge on any atom is 0.126 e. The SMILES string of the molecule is CCC(F)c1cc(N2CCN(C)CC2)cc(-c2ccccc2)c1Cl. The number of nitrogens with zero attached hydrogens (tertiary/aromatic N) is 2. The minimum absolute atomic E-state index is 0.431. The second kappa shape index (κ2) is 7.54. The third-order valence-electron chi connectivity index (χ3n) is 4.73. The molecule has 0 saturated carbocycles. The number of rotatable bonds is 4. The number of hydrogen-bond donors (Lipinski definition) is 0. The van der Waals surface area contributed by atoms with Gasteiger partial charge in [-0.15, -0.1) is 0 Å². The lowest BCUT2D eigenvalue weighted by molar-refractivity contribution is 0.312. The maximum absolute atomic E-state index is 14.5. The smallest absolute Gasteiger partial charge is 0.126 e. The third-order valence-corrected chi connectivity index (χ3v) is 5.16. The van der Waals surface area contributed by atoms with Crippen molar-refractivity contribution in [3.63, 3.8) is 0 Å². The van der Waals surface area contributed by atoms with Crippen LogP contribution in [0.25, 0.3) is 11.1 Å². The van der Waals surface area contributed by atoms with Crippen LogP contribution in [0, 0.1) is 0 Å². The molecule has 1 heterocycles. The zero-order chi connectivity index (χ0) is 17.1. The van der Waals surface area contributed by atoms with Crippen molar-refractivity contribution in [1.29, 1.82) is 0 Å². The summed E-state index contributed by atoms with van der Waals surface area (Å²) >= 11 is 6.58. The van der Waals surface area contributed by atoms with E-state index in [0.29, 0.717) is 17.0 Å². The van der Waals surface area contributed by atoms with E-state index in [9.17, 15) is 4.39 Å². The monoisotopic (exact) mass is 346 g/mol. The zero-order valence-electron chi connectivity index (χ0n) is 14.3. The molecule has 1 aliphatic rings. The molecule has 1 aliphatic heterocycles. The lowest BCUT2D eigenvalue weighted by Gasteiger charge is -2.34. The van der Waals surface area contributed by atoms with Gasteiger partial charge in [0, 0.05) is 43.0 Å². The summed E-state index contributed by atoms with van der Waals surface area (Å²) < 4.78 is 14.5. The molecule has 3 rings (SSSR count). The van der Waals surface area contributed by atoms with E-state index < -0.39 is 6.17 Å². The molecule has 0 aliphatic carbocycles. The van der Waals surface area contributed by atoms with Crippen LogP contribution in [-0.4, -0.2) is 38.1 Å². The van der Waals surface area contributed by atoms with E-state index in [1.807, 2.05) is 43.3 Å². The number of piperazine rings is 1. The molecule has 0 bridgehead atoms. The summed E-state index contributed by atoms with van der Waals surface area (Å²) in [6.45, 7) is 5.80. The summed E-state index contributed by atoms with van der Waals surface area (Å²) in [5.74, 6) is 0. The largest absolute Gasteiger partial charge is 0.369 e. The van der Waals surface area contributed by atoms with Gasteiger partial charge >= 0.3 is 0 Å². The second-order valence-electron chi connectivity index (χ2n) is 6.43. The number of halogens is 2. The molecule has 1 atom stereocenters. The number of likely N-dealkylation sites (N-methyl/N-ethyl adjacent to an activating group) is 1. The molecular formula is C20H24ClFN2. The van der Waals surface area contributed by atoms with E-state index in [0.717, 1.165) is 43.0 Å². The number of hydrogen-bond acceptors (Lipinski definition) is 2. The zero-order valence-corrected chi connectivity index (χ0v) is 15.1. The van der Waals surface area contributed by atoms with E-state index in [1.54, 1.807) is 0 Å². The van der Waals surface area contributed by atoms with Crippen molar-refractivity contribution in [1.82, 2.24) is 4.90 Å². The maximum atomic E-state index is 14.5. The molecule has 0 amide bonds. The number of benzene rings is 2. The van der Waals surface area contributed by atoms with Gasteiger partial charge in [-0.2, -0.15) is 0 Å². The van der Waals surface area contributed by atoms with Crippen molar-refractivity contribution in [3.05, 3.63) is 53.1 Å². The predicted molar refractivity (Wildman–Crippen MR) is 101 cm³/mol. The molecule has 0 aromatic heterocycles. The van der Waals surface area contributed by atoms with Crippen LogP contribution in [0.5, 0.6) is 0 Å². The molecule has 2 aromatic carbocycles. The van der Waals surface area contributed by atoms with Crippen molar-refractivity contribution < 1.29 is 4.39 Å². The Kier molecular flexibility index (Phi) is 5.42. The third kappa shape index (κ3) is 3.57. The molecule has 1 fully saturated rings. The van der Waals surface area contributed by atoms with Gasteiger partial charge in [0.2, 0.25) is 0 Å². The molecule has 4 heteroatoms. The van der Waals surface area contributed by atoms with Crippen LogP contribution in [0.1, 0.15) is 25.1 Å². The van der Waals surface area contributed by atoms with Crippen LogP contribution in [-0.2, 0) is 0 Å². The fourth-order valence-electron chi connectivity index (χ4n) is 3.15. The first-order valence-corrected chi connectivity index (χ1v) is 8.94. The van der Waals surface area contributed by atoms with Gasteiger partial charge in [-0.3, -0.25) is 0 Å². The van der Waals surface area contributed by atoms with Crippen LogP contribution < -0.4 is 4.90 Å². The van der Waals surface area contributed by atoms with Crippen molar-refractivity contribution in [3.8, 4) is 11.1 Å². The summed E-state index contributed by atoms with van der Waals surface area (Å²) in [7, 11) is 2.13. The number of alkyl halides is 1. The van der Waals surface area contributed by atoms with Crippen LogP contribution in [0.15, 0.2) is 42.5 Å². The molecule has 1 saturated heterocycles. The Bertz CT molecular complexity index is 682. The van der Waals surface area contributed by atoms with Crippen LogP contribution in [0.2, 0.25) is 5.02 Å². The summed E-state index contributed by atoms with van der Waals surface area (Å²) in [6.07, 6.45) is -0.604. The van der Waals surface area contributed by atoms with Crippen molar-refractivity contribution >= 4 is 17.3 Å². The van der Waals surface area contributed by atoms with Gasteiger partial charge in [0.05, 0.1) is 5.02 Å². The highest BCUT2D eigenvalue weighted by Gasteiger charge is 2.21. The molecule has 2 nitrogen and oxygen atoms in total. The van der Waals surface area contributed by atoms with Crippen LogP contribution in [0.3, 0.4) is 0 Å². The van der Waals surface area contributed by atoms with Crippen LogP contribution in [0.4, 0.5) is 10.1 Å². The van der Waals surface area contributed by atoms with Gasteiger partial charge in [0.1, 0.15) is 6.17 Å². The van der Waals surface area contributed by atoms with E-state index >= 15 is 0 Å². The molecular weight excluding hydrogens is 323 g/mol. The Morgan fingerprint density at radius 1 is 1.08 bits per heavy atom. The Hall–Kier alpha value is -1.58. The van der Waals surface area contributed by atoms with E-state index in [2.05, 4.69) is 22.9 Å². The van der Waals surface area contributed by atoms with Crippen molar-refractivity contribution in [2.24, 2.45) is 0 Å². The summed E-state index contributed by atoms with van der Waals surface area (Å²) in [5.41, 5.74) is 3.62. The van der Waals surface area contributed by atoms with Gasteiger partial charge in [-0.05, 0) is 31.2 Å².